The molecule has 0 spiro atoms. The molecule has 0 saturated heterocycles. The molecular weight excluding hydrogens is 204 g/mol. The molecule has 2 heterocycles. The molecule has 2 nitrogen and oxygen atoms in total. The summed E-state index contributed by atoms with van der Waals surface area (Å²) in [5, 5.41) is 0. The van der Waals surface area contributed by atoms with Gasteiger partial charge in [0, 0.05) is 23.5 Å². The number of hydrogen-bond acceptors (Lipinski definition) is 3. The first-order valence-corrected chi connectivity index (χ1v) is 5.81. The number of hydrogen-bond donors (Lipinski definition) is 0. The van der Waals surface area contributed by atoms with Crippen molar-refractivity contribution in [1.29, 1.82) is 0 Å². The Morgan fingerprint density at radius 1 is 1.27 bits per heavy atom. The molecule has 0 saturated carbocycles. The fourth-order valence-electron chi connectivity index (χ4n) is 1.35. The Balaban J connectivity index is 2.44. The van der Waals surface area contributed by atoms with Gasteiger partial charge in [0.25, 0.3) is 0 Å². The van der Waals surface area contributed by atoms with E-state index >= 15 is 0 Å². The summed E-state index contributed by atoms with van der Waals surface area (Å²) in [5.41, 5.74) is 4.28. The average Bonchev–Trinajstić information content (AvgIpc) is 2.69. The molecule has 0 bridgehead atoms. The van der Waals surface area contributed by atoms with E-state index in [0.29, 0.717) is 0 Å². The largest absolute Gasteiger partial charge is 0.261 e. The third kappa shape index (κ3) is 2.23. The number of thiazole rings is 1. The Morgan fingerprint density at radius 3 is 2.67 bits per heavy atom. The summed E-state index contributed by atoms with van der Waals surface area (Å²) < 4.78 is 0. The van der Waals surface area contributed by atoms with Crippen molar-refractivity contribution in [2.24, 2.45) is 0 Å². The Kier molecular flexibility index (Phi) is 2.57. The maximum Gasteiger partial charge on any atom is 0.0797 e. The number of rotatable bonds is 1. The molecule has 2 aromatic heterocycles. The normalized spacial score (nSPS) is 11.7. The van der Waals surface area contributed by atoms with Gasteiger partial charge in [0.15, 0.2) is 0 Å². The van der Waals surface area contributed by atoms with E-state index in [1.807, 2.05) is 24.0 Å². The lowest BCUT2D eigenvalue weighted by Crippen LogP contribution is -2.13. The summed E-state index contributed by atoms with van der Waals surface area (Å²) in [6, 6.07) is 4.18. The minimum Gasteiger partial charge on any atom is -0.261 e. The Labute approximate surface area is 94.0 Å². The zero-order chi connectivity index (χ0) is 10.9. The molecule has 15 heavy (non-hydrogen) atoms. The van der Waals surface area contributed by atoms with E-state index in [1.165, 1.54) is 10.4 Å². The highest BCUT2D eigenvalue weighted by Gasteiger charge is 2.15. The molecule has 0 unspecified atom stereocenters. The summed E-state index contributed by atoms with van der Waals surface area (Å²) in [5.74, 6) is 0. The second kappa shape index (κ2) is 3.74. The predicted octanol–water partition coefficient (Wildman–Crippen LogP) is 3.50. The van der Waals surface area contributed by atoms with Gasteiger partial charge < -0.3 is 0 Å². The lowest BCUT2D eigenvalue weighted by molar-refractivity contribution is 0.569. The Bertz CT molecular complexity index is 441. The standard InChI is InChI=1S/C12H14N2S/c1-12(2,3)11-6-9(4-5-14-11)10-7-13-8-15-10/h4-8H,1-3H3. The van der Waals surface area contributed by atoms with E-state index in [1.54, 1.807) is 11.3 Å². The Hall–Kier alpha value is -1.22. The summed E-state index contributed by atoms with van der Waals surface area (Å²) in [4.78, 5) is 9.69. The van der Waals surface area contributed by atoms with Gasteiger partial charge >= 0.3 is 0 Å². The molecule has 0 aliphatic heterocycles. The SMILES string of the molecule is CC(C)(C)c1cc(-c2cncs2)ccn1. The molecule has 0 aromatic carbocycles. The quantitative estimate of drug-likeness (QED) is 0.732. The summed E-state index contributed by atoms with van der Waals surface area (Å²) in [6.45, 7) is 6.52. The average molecular weight is 218 g/mol. The van der Waals surface area contributed by atoms with E-state index < -0.39 is 0 Å². The first-order valence-electron chi connectivity index (χ1n) is 4.93. The molecule has 0 aliphatic carbocycles. The van der Waals surface area contributed by atoms with Crippen LogP contribution in [0.2, 0.25) is 0 Å². The van der Waals surface area contributed by atoms with Crippen molar-refractivity contribution in [2.45, 2.75) is 26.2 Å². The van der Waals surface area contributed by atoms with Crippen molar-refractivity contribution in [1.82, 2.24) is 9.97 Å². The van der Waals surface area contributed by atoms with Gasteiger partial charge in [0.2, 0.25) is 0 Å². The van der Waals surface area contributed by atoms with Crippen molar-refractivity contribution in [3.63, 3.8) is 0 Å². The molecule has 0 amide bonds. The summed E-state index contributed by atoms with van der Waals surface area (Å²) >= 11 is 1.66. The second-order valence-corrected chi connectivity index (χ2v) is 5.43. The van der Waals surface area contributed by atoms with Gasteiger partial charge in [-0.2, -0.15) is 0 Å². The minimum atomic E-state index is 0.0979. The summed E-state index contributed by atoms with van der Waals surface area (Å²) in [7, 11) is 0. The van der Waals surface area contributed by atoms with Gasteiger partial charge in [0.05, 0.1) is 10.4 Å². The molecule has 2 aromatic rings. The van der Waals surface area contributed by atoms with E-state index in [4.69, 9.17) is 0 Å². The van der Waals surface area contributed by atoms with Crippen molar-refractivity contribution in [3.05, 3.63) is 35.7 Å². The van der Waals surface area contributed by atoms with Gasteiger partial charge in [-0.25, -0.2) is 0 Å². The highest BCUT2D eigenvalue weighted by atomic mass is 32.1. The lowest BCUT2D eigenvalue weighted by atomic mass is 9.91. The fourth-order valence-corrected chi connectivity index (χ4v) is 1.97. The summed E-state index contributed by atoms with van der Waals surface area (Å²) in [6.07, 6.45) is 3.77. The van der Waals surface area contributed by atoms with Crippen LogP contribution in [-0.4, -0.2) is 9.97 Å². The van der Waals surface area contributed by atoms with Crippen LogP contribution in [0.1, 0.15) is 26.5 Å². The molecule has 0 atom stereocenters. The molecule has 0 fully saturated rings. The molecular formula is C12H14N2S. The fraction of sp³-hybridized carbons (Fsp3) is 0.333. The molecule has 2 rings (SSSR count). The zero-order valence-electron chi connectivity index (χ0n) is 9.19. The first-order chi connectivity index (χ1) is 7.07. The maximum absolute atomic E-state index is 4.40. The van der Waals surface area contributed by atoms with Crippen LogP contribution in [0.5, 0.6) is 0 Å². The van der Waals surface area contributed by atoms with Crippen LogP contribution in [0.4, 0.5) is 0 Å². The van der Waals surface area contributed by atoms with Crippen LogP contribution >= 0.6 is 11.3 Å². The van der Waals surface area contributed by atoms with Crippen LogP contribution in [0, 0.1) is 0 Å². The lowest BCUT2D eigenvalue weighted by Gasteiger charge is -2.17. The molecule has 0 N–H and O–H groups in total. The third-order valence-electron chi connectivity index (χ3n) is 2.25. The molecule has 3 heteroatoms. The number of nitrogens with zero attached hydrogens (tertiary/aromatic N) is 2. The van der Waals surface area contributed by atoms with E-state index in [2.05, 4.69) is 36.8 Å². The smallest absolute Gasteiger partial charge is 0.0797 e. The van der Waals surface area contributed by atoms with Crippen LogP contribution < -0.4 is 0 Å². The predicted molar refractivity (Wildman–Crippen MR) is 64.0 cm³/mol. The van der Waals surface area contributed by atoms with Gasteiger partial charge in [-0.05, 0) is 17.7 Å². The van der Waals surface area contributed by atoms with Crippen LogP contribution in [0.3, 0.4) is 0 Å². The highest BCUT2D eigenvalue weighted by molar-refractivity contribution is 7.13. The van der Waals surface area contributed by atoms with Gasteiger partial charge in [-0.1, -0.05) is 20.8 Å². The second-order valence-electron chi connectivity index (χ2n) is 4.55. The van der Waals surface area contributed by atoms with Crippen molar-refractivity contribution in [3.8, 4) is 10.4 Å². The van der Waals surface area contributed by atoms with E-state index in [-0.39, 0.29) is 5.41 Å². The van der Waals surface area contributed by atoms with Crippen LogP contribution in [-0.2, 0) is 5.41 Å². The van der Waals surface area contributed by atoms with Crippen molar-refractivity contribution < 1.29 is 0 Å². The van der Waals surface area contributed by atoms with Gasteiger partial charge in [-0.3, -0.25) is 9.97 Å². The molecule has 78 valence electrons. The monoisotopic (exact) mass is 218 g/mol. The molecule has 0 radical (unpaired) electrons. The zero-order valence-corrected chi connectivity index (χ0v) is 10.0. The first kappa shape index (κ1) is 10.3. The van der Waals surface area contributed by atoms with Crippen molar-refractivity contribution in [2.75, 3.05) is 0 Å². The van der Waals surface area contributed by atoms with Crippen LogP contribution in [0.25, 0.3) is 10.4 Å². The number of pyridine rings is 1. The van der Waals surface area contributed by atoms with E-state index in [0.717, 1.165) is 5.69 Å². The van der Waals surface area contributed by atoms with Crippen LogP contribution in [0.15, 0.2) is 30.0 Å². The third-order valence-corrected chi connectivity index (χ3v) is 3.07. The van der Waals surface area contributed by atoms with E-state index in [9.17, 15) is 0 Å². The van der Waals surface area contributed by atoms with Gasteiger partial charge in [0.1, 0.15) is 0 Å². The molecule has 0 aliphatic rings. The topological polar surface area (TPSA) is 25.8 Å². The minimum absolute atomic E-state index is 0.0979. The van der Waals surface area contributed by atoms with Gasteiger partial charge in [-0.15, -0.1) is 11.3 Å². The Morgan fingerprint density at radius 2 is 2.07 bits per heavy atom. The van der Waals surface area contributed by atoms with Crippen molar-refractivity contribution >= 4 is 11.3 Å². The number of aromatic nitrogens is 2. The highest BCUT2D eigenvalue weighted by Crippen LogP contribution is 2.27. The maximum atomic E-state index is 4.40.